The molecule has 24 heavy (non-hydrogen) atoms. The second-order valence-electron chi connectivity index (χ2n) is 5.85. The number of rotatable bonds is 6. The number of hydrogen-bond acceptors (Lipinski definition) is 4. The number of nitrogens with zero attached hydrogens (tertiary/aromatic N) is 1. The van der Waals surface area contributed by atoms with Crippen molar-refractivity contribution in [2.75, 3.05) is 17.2 Å². The zero-order valence-electron chi connectivity index (χ0n) is 13.4. The minimum atomic E-state index is -0.293. The van der Waals surface area contributed by atoms with Gasteiger partial charge in [0.05, 0.1) is 0 Å². The van der Waals surface area contributed by atoms with Gasteiger partial charge in [0.1, 0.15) is 11.6 Å². The van der Waals surface area contributed by atoms with E-state index in [-0.39, 0.29) is 24.3 Å². The van der Waals surface area contributed by atoms with Crippen LogP contribution in [0.15, 0.2) is 42.6 Å². The van der Waals surface area contributed by atoms with Crippen molar-refractivity contribution in [1.82, 2.24) is 4.98 Å². The number of pyridine rings is 1. The van der Waals surface area contributed by atoms with E-state index in [0.29, 0.717) is 17.3 Å². The zero-order valence-corrected chi connectivity index (χ0v) is 13.4. The van der Waals surface area contributed by atoms with E-state index in [1.54, 1.807) is 36.5 Å². The van der Waals surface area contributed by atoms with Crippen LogP contribution >= 0.6 is 0 Å². The van der Waals surface area contributed by atoms with E-state index < -0.39 is 0 Å². The minimum Gasteiger partial charge on any atom is -0.484 e. The number of aromatic nitrogens is 1. The summed E-state index contributed by atoms with van der Waals surface area (Å²) in [6.07, 6.45) is 3.59. The first-order valence-corrected chi connectivity index (χ1v) is 7.86. The number of nitrogens with one attached hydrogen (secondary N) is 2. The number of ether oxygens (including phenoxy) is 1. The Labute approximate surface area is 140 Å². The molecule has 2 N–H and O–H groups in total. The van der Waals surface area contributed by atoms with Crippen LogP contribution in [0.4, 0.5) is 11.5 Å². The Morgan fingerprint density at radius 2 is 2.04 bits per heavy atom. The summed E-state index contributed by atoms with van der Waals surface area (Å²) in [6.45, 7) is 1.80. The average Bonchev–Trinajstić information content (AvgIpc) is 3.41. The van der Waals surface area contributed by atoms with Gasteiger partial charge < -0.3 is 15.4 Å². The third-order valence-corrected chi connectivity index (χ3v) is 3.60. The van der Waals surface area contributed by atoms with Gasteiger partial charge in [0, 0.05) is 23.9 Å². The van der Waals surface area contributed by atoms with Crippen LogP contribution in [0.2, 0.25) is 0 Å². The molecule has 6 heteroatoms. The molecule has 1 saturated carbocycles. The standard InChI is InChI=1S/C18H19N3O3/c1-12-5-8-16(19-10-12)21-17(22)11-24-15-4-2-3-14(9-15)20-18(23)13-6-7-13/h2-5,8-10,13H,6-7,11H2,1H3,(H,20,23)(H,19,21,22). The number of amides is 2. The van der Waals surface area contributed by atoms with E-state index in [1.807, 2.05) is 13.0 Å². The Balaban J connectivity index is 1.51. The first-order valence-electron chi connectivity index (χ1n) is 7.86. The largest absolute Gasteiger partial charge is 0.484 e. The number of benzene rings is 1. The summed E-state index contributed by atoms with van der Waals surface area (Å²) in [5, 5.41) is 5.51. The number of carbonyl (C=O) groups is 2. The van der Waals surface area contributed by atoms with Crippen LogP contribution in [-0.4, -0.2) is 23.4 Å². The van der Waals surface area contributed by atoms with E-state index in [4.69, 9.17) is 4.74 Å². The van der Waals surface area contributed by atoms with Crippen molar-refractivity contribution in [2.24, 2.45) is 5.92 Å². The molecule has 2 aromatic rings. The van der Waals surface area contributed by atoms with Crippen molar-refractivity contribution in [3.05, 3.63) is 48.2 Å². The van der Waals surface area contributed by atoms with Gasteiger partial charge in [-0.15, -0.1) is 0 Å². The van der Waals surface area contributed by atoms with Gasteiger partial charge >= 0.3 is 0 Å². The number of anilines is 2. The monoisotopic (exact) mass is 325 g/mol. The van der Waals surface area contributed by atoms with Gasteiger partial charge in [-0.25, -0.2) is 4.98 Å². The highest BCUT2D eigenvalue weighted by atomic mass is 16.5. The number of carbonyl (C=O) groups excluding carboxylic acids is 2. The van der Waals surface area contributed by atoms with Gasteiger partial charge in [0.15, 0.2) is 6.61 Å². The zero-order chi connectivity index (χ0) is 16.9. The quantitative estimate of drug-likeness (QED) is 0.856. The third-order valence-electron chi connectivity index (χ3n) is 3.60. The fourth-order valence-electron chi connectivity index (χ4n) is 2.12. The van der Waals surface area contributed by atoms with Gasteiger partial charge in [-0.05, 0) is 43.5 Å². The second kappa shape index (κ2) is 7.12. The van der Waals surface area contributed by atoms with Crippen LogP contribution < -0.4 is 15.4 Å². The van der Waals surface area contributed by atoms with Crippen LogP contribution in [0.25, 0.3) is 0 Å². The first kappa shape index (κ1) is 16.0. The summed E-state index contributed by atoms with van der Waals surface area (Å²) < 4.78 is 5.47. The maximum atomic E-state index is 11.9. The van der Waals surface area contributed by atoms with E-state index >= 15 is 0 Å². The Morgan fingerprint density at radius 3 is 2.75 bits per heavy atom. The molecule has 1 aromatic heterocycles. The maximum Gasteiger partial charge on any atom is 0.263 e. The van der Waals surface area contributed by atoms with Crippen LogP contribution in [-0.2, 0) is 9.59 Å². The molecule has 124 valence electrons. The lowest BCUT2D eigenvalue weighted by molar-refractivity contribution is -0.118. The molecule has 3 rings (SSSR count). The van der Waals surface area contributed by atoms with Crippen LogP contribution in [0.1, 0.15) is 18.4 Å². The molecule has 2 amide bonds. The van der Waals surface area contributed by atoms with Gasteiger partial charge in [-0.2, -0.15) is 0 Å². The molecule has 1 aliphatic rings. The van der Waals surface area contributed by atoms with Crippen molar-refractivity contribution in [2.45, 2.75) is 19.8 Å². The highest BCUT2D eigenvalue weighted by Crippen LogP contribution is 2.30. The van der Waals surface area contributed by atoms with Gasteiger partial charge in [-0.1, -0.05) is 12.1 Å². The normalized spacial score (nSPS) is 13.2. The molecule has 0 saturated heterocycles. The van der Waals surface area contributed by atoms with Crippen molar-refractivity contribution in [3.8, 4) is 5.75 Å². The SMILES string of the molecule is Cc1ccc(NC(=O)COc2cccc(NC(=O)C3CC3)c2)nc1. The molecule has 0 bridgehead atoms. The van der Waals surface area contributed by atoms with Gasteiger partial charge in [0.25, 0.3) is 5.91 Å². The lowest BCUT2D eigenvalue weighted by Gasteiger charge is -2.09. The van der Waals surface area contributed by atoms with Crippen molar-refractivity contribution in [3.63, 3.8) is 0 Å². The lowest BCUT2D eigenvalue weighted by Crippen LogP contribution is -2.20. The van der Waals surface area contributed by atoms with Crippen molar-refractivity contribution in [1.29, 1.82) is 0 Å². The smallest absolute Gasteiger partial charge is 0.263 e. The summed E-state index contributed by atoms with van der Waals surface area (Å²) in [5.74, 6) is 0.895. The van der Waals surface area contributed by atoms with Crippen LogP contribution in [0.3, 0.4) is 0 Å². The van der Waals surface area contributed by atoms with E-state index in [0.717, 1.165) is 18.4 Å². The summed E-state index contributed by atoms with van der Waals surface area (Å²) >= 11 is 0. The van der Waals surface area contributed by atoms with Crippen LogP contribution in [0, 0.1) is 12.8 Å². The average molecular weight is 325 g/mol. The molecule has 1 fully saturated rings. The lowest BCUT2D eigenvalue weighted by atomic mass is 10.3. The molecule has 0 unspecified atom stereocenters. The van der Waals surface area contributed by atoms with Crippen molar-refractivity contribution >= 4 is 23.3 Å². The molecular weight excluding hydrogens is 306 g/mol. The molecule has 1 heterocycles. The predicted octanol–water partition coefficient (Wildman–Crippen LogP) is 2.76. The molecule has 0 radical (unpaired) electrons. The van der Waals surface area contributed by atoms with Gasteiger partial charge in [0.2, 0.25) is 5.91 Å². The van der Waals surface area contributed by atoms with Crippen LogP contribution in [0.5, 0.6) is 5.75 Å². The summed E-state index contributed by atoms with van der Waals surface area (Å²) in [4.78, 5) is 27.7. The van der Waals surface area contributed by atoms with Crippen molar-refractivity contribution < 1.29 is 14.3 Å². The predicted molar refractivity (Wildman–Crippen MR) is 90.9 cm³/mol. The Kier molecular flexibility index (Phi) is 4.74. The van der Waals surface area contributed by atoms with E-state index in [9.17, 15) is 9.59 Å². The molecule has 6 nitrogen and oxygen atoms in total. The molecule has 0 atom stereocenters. The first-order chi connectivity index (χ1) is 11.6. The maximum absolute atomic E-state index is 11.9. The second-order valence-corrected chi connectivity index (χ2v) is 5.85. The Morgan fingerprint density at radius 1 is 1.21 bits per heavy atom. The third kappa shape index (κ3) is 4.55. The summed E-state index contributed by atoms with van der Waals surface area (Å²) in [7, 11) is 0. The molecule has 1 aromatic carbocycles. The number of aryl methyl sites for hydroxylation is 1. The molecule has 0 aliphatic heterocycles. The van der Waals surface area contributed by atoms with Gasteiger partial charge in [-0.3, -0.25) is 9.59 Å². The molecule has 0 spiro atoms. The van der Waals surface area contributed by atoms with E-state index in [1.165, 1.54) is 0 Å². The molecule has 1 aliphatic carbocycles. The highest BCUT2D eigenvalue weighted by Gasteiger charge is 2.29. The molecular formula is C18H19N3O3. The summed E-state index contributed by atoms with van der Waals surface area (Å²) in [5.41, 5.74) is 1.69. The van der Waals surface area contributed by atoms with E-state index in [2.05, 4.69) is 15.6 Å². The fraction of sp³-hybridized carbons (Fsp3) is 0.278. The number of hydrogen-bond donors (Lipinski definition) is 2. The Bertz CT molecular complexity index is 739. The topological polar surface area (TPSA) is 80.3 Å². The Hall–Kier alpha value is -2.89. The highest BCUT2D eigenvalue weighted by molar-refractivity contribution is 5.94. The fourth-order valence-corrected chi connectivity index (χ4v) is 2.12. The minimum absolute atomic E-state index is 0.0374. The summed E-state index contributed by atoms with van der Waals surface area (Å²) in [6, 6.07) is 10.6.